The highest BCUT2D eigenvalue weighted by molar-refractivity contribution is 5.94. The van der Waals surface area contributed by atoms with Crippen LogP contribution in [0.1, 0.15) is 35.7 Å². The Morgan fingerprint density at radius 2 is 1.80 bits per heavy atom. The van der Waals surface area contributed by atoms with E-state index in [0.717, 1.165) is 18.4 Å². The van der Waals surface area contributed by atoms with E-state index in [2.05, 4.69) is 22.9 Å². The van der Waals surface area contributed by atoms with E-state index in [1.165, 1.54) is 0 Å². The third-order valence-electron chi connectivity index (χ3n) is 2.86. The lowest BCUT2D eigenvalue weighted by Crippen LogP contribution is -2.31. The Balaban J connectivity index is 2.43. The number of nitrogens with one attached hydrogen (secondary N) is 3. The van der Waals surface area contributed by atoms with Crippen LogP contribution >= 0.6 is 0 Å². The van der Waals surface area contributed by atoms with Gasteiger partial charge in [-0.2, -0.15) is 0 Å². The molecule has 2 amide bonds. The second-order valence-corrected chi connectivity index (χ2v) is 4.61. The van der Waals surface area contributed by atoms with E-state index in [0.29, 0.717) is 25.2 Å². The van der Waals surface area contributed by atoms with Crippen molar-refractivity contribution in [2.75, 3.05) is 20.1 Å². The van der Waals surface area contributed by atoms with Gasteiger partial charge in [0.25, 0.3) is 5.91 Å². The highest BCUT2D eigenvalue weighted by Crippen LogP contribution is 2.04. The summed E-state index contributed by atoms with van der Waals surface area (Å²) in [6.07, 6.45) is 2.05. The largest absolute Gasteiger partial charge is 0.352 e. The Labute approximate surface area is 120 Å². The summed E-state index contributed by atoms with van der Waals surface area (Å²) >= 11 is 0. The minimum absolute atomic E-state index is 0.0473. The second-order valence-electron chi connectivity index (χ2n) is 4.61. The summed E-state index contributed by atoms with van der Waals surface area (Å²) in [6.45, 7) is 3.57. The van der Waals surface area contributed by atoms with E-state index < -0.39 is 0 Å². The number of likely N-dealkylation sites (N-methyl/N-ethyl adjacent to an activating group) is 1. The lowest BCUT2D eigenvalue weighted by Gasteiger charge is -2.07. The van der Waals surface area contributed by atoms with Crippen molar-refractivity contribution < 1.29 is 9.59 Å². The lowest BCUT2D eigenvalue weighted by molar-refractivity contribution is -0.120. The molecule has 20 heavy (non-hydrogen) atoms. The average Bonchev–Trinajstić information content (AvgIpc) is 2.46. The van der Waals surface area contributed by atoms with E-state index in [1.807, 2.05) is 12.1 Å². The number of hydrogen-bond acceptors (Lipinski definition) is 3. The van der Waals surface area contributed by atoms with Gasteiger partial charge in [-0.1, -0.05) is 25.5 Å². The maximum Gasteiger partial charge on any atom is 0.251 e. The van der Waals surface area contributed by atoms with Gasteiger partial charge in [0, 0.05) is 18.7 Å². The van der Waals surface area contributed by atoms with Crippen LogP contribution in [0.3, 0.4) is 0 Å². The van der Waals surface area contributed by atoms with Gasteiger partial charge >= 0.3 is 0 Å². The molecular weight excluding hydrogens is 254 g/mol. The molecule has 0 saturated heterocycles. The summed E-state index contributed by atoms with van der Waals surface area (Å²) in [5.41, 5.74) is 1.62. The molecule has 0 aliphatic heterocycles. The molecule has 110 valence electrons. The molecule has 5 heteroatoms. The first kappa shape index (κ1) is 16.2. The topological polar surface area (TPSA) is 70.2 Å². The molecule has 0 heterocycles. The fourth-order valence-corrected chi connectivity index (χ4v) is 1.68. The maximum absolute atomic E-state index is 11.8. The van der Waals surface area contributed by atoms with Crippen LogP contribution in [-0.2, 0) is 11.3 Å². The molecule has 0 fully saturated rings. The fourth-order valence-electron chi connectivity index (χ4n) is 1.68. The van der Waals surface area contributed by atoms with Gasteiger partial charge in [-0.3, -0.25) is 9.59 Å². The monoisotopic (exact) mass is 277 g/mol. The zero-order valence-electron chi connectivity index (χ0n) is 12.2. The van der Waals surface area contributed by atoms with Crippen molar-refractivity contribution in [2.24, 2.45) is 0 Å². The van der Waals surface area contributed by atoms with Gasteiger partial charge in [0.2, 0.25) is 5.91 Å². The number of rotatable bonds is 8. The van der Waals surface area contributed by atoms with Gasteiger partial charge in [-0.15, -0.1) is 0 Å². The van der Waals surface area contributed by atoms with Crippen LogP contribution in [0, 0.1) is 0 Å². The summed E-state index contributed by atoms with van der Waals surface area (Å²) in [5.74, 6) is -0.0990. The summed E-state index contributed by atoms with van der Waals surface area (Å²) in [5, 5.41) is 8.44. The first-order valence-electron chi connectivity index (χ1n) is 6.95. The third kappa shape index (κ3) is 5.84. The molecular formula is C15H23N3O2. The summed E-state index contributed by atoms with van der Waals surface area (Å²) in [7, 11) is 1.73. The molecule has 0 unspecified atom stereocenters. The van der Waals surface area contributed by atoms with Crippen LogP contribution in [0.4, 0.5) is 0 Å². The minimum atomic E-state index is -0.0516. The molecule has 1 aromatic rings. The van der Waals surface area contributed by atoms with E-state index in [1.54, 1.807) is 19.2 Å². The standard InChI is InChI=1S/C15H23N3O2/c1-3-4-9-17-15(20)13-7-5-12(6-8-13)10-18-14(19)11-16-2/h5-8,16H,3-4,9-11H2,1-2H3,(H,17,20)(H,18,19). The van der Waals surface area contributed by atoms with E-state index in [4.69, 9.17) is 0 Å². The first-order valence-corrected chi connectivity index (χ1v) is 6.95. The Morgan fingerprint density at radius 1 is 1.10 bits per heavy atom. The highest BCUT2D eigenvalue weighted by atomic mass is 16.2. The van der Waals surface area contributed by atoms with Crippen molar-refractivity contribution in [3.63, 3.8) is 0 Å². The Kier molecular flexibility index (Phi) is 7.35. The first-order chi connectivity index (χ1) is 9.67. The summed E-state index contributed by atoms with van der Waals surface area (Å²) < 4.78 is 0. The Hall–Kier alpha value is -1.88. The normalized spacial score (nSPS) is 10.1. The molecule has 1 aromatic carbocycles. The smallest absolute Gasteiger partial charge is 0.251 e. The van der Waals surface area contributed by atoms with Crippen LogP contribution in [0.25, 0.3) is 0 Å². The summed E-state index contributed by atoms with van der Waals surface area (Å²) in [6, 6.07) is 7.27. The number of carbonyl (C=O) groups excluding carboxylic acids is 2. The van der Waals surface area contributed by atoms with Crippen LogP contribution in [0.5, 0.6) is 0 Å². The Bertz CT molecular complexity index is 429. The average molecular weight is 277 g/mol. The predicted octanol–water partition coefficient (Wildman–Crippen LogP) is 1.05. The van der Waals surface area contributed by atoms with Gasteiger partial charge in [0.1, 0.15) is 0 Å². The molecule has 0 spiro atoms. The van der Waals surface area contributed by atoms with Gasteiger partial charge in [-0.25, -0.2) is 0 Å². The van der Waals surface area contributed by atoms with Gasteiger partial charge in [0.15, 0.2) is 0 Å². The van der Waals surface area contributed by atoms with Gasteiger partial charge in [-0.05, 0) is 31.2 Å². The van der Waals surface area contributed by atoms with Gasteiger partial charge in [0.05, 0.1) is 6.54 Å². The van der Waals surface area contributed by atoms with Crippen LogP contribution in [0.15, 0.2) is 24.3 Å². The van der Waals surface area contributed by atoms with E-state index in [-0.39, 0.29) is 11.8 Å². The highest BCUT2D eigenvalue weighted by Gasteiger charge is 2.05. The molecule has 0 aliphatic carbocycles. The molecule has 1 rings (SSSR count). The molecule has 3 N–H and O–H groups in total. The van der Waals surface area contributed by atoms with E-state index >= 15 is 0 Å². The van der Waals surface area contributed by atoms with Crippen molar-refractivity contribution in [1.29, 1.82) is 0 Å². The molecule has 0 saturated carbocycles. The molecule has 0 aromatic heterocycles. The minimum Gasteiger partial charge on any atom is -0.352 e. The number of hydrogen-bond donors (Lipinski definition) is 3. The molecule has 0 bridgehead atoms. The number of amides is 2. The van der Waals surface area contributed by atoms with Crippen molar-refractivity contribution in [3.05, 3.63) is 35.4 Å². The van der Waals surface area contributed by atoms with Crippen LogP contribution in [0.2, 0.25) is 0 Å². The molecule has 0 atom stereocenters. The number of carbonyl (C=O) groups is 2. The maximum atomic E-state index is 11.8. The third-order valence-corrected chi connectivity index (χ3v) is 2.86. The second kappa shape index (κ2) is 9.09. The molecule has 0 radical (unpaired) electrons. The van der Waals surface area contributed by atoms with E-state index in [9.17, 15) is 9.59 Å². The van der Waals surface area contributed by atoms with Crippen molar-refractivity contribution in [2.45, 2.75) is 26.3 Å². The van der Waals surface area contributed by atoms with Crippen molar-refractivity contribution in [1.82, 2.24) is 16.0 Å². The number of unbranched alkanes of at least 4 members (excludes halogenated alkanes) is 1. The zero-order valence-corrected chi connectivity index (χ0v) is 12.2. The van der Waals surface area contributed by atoms with Gasteiger partial charge < -0.3 is 16.0 Å². The summed E-state index contributed by atoms with van der Waals surface area (Å²) in [4.78, 5) is 23.1. The lowest BCUT2D eigenvalue weighted by atomic mass is 10.1. The van der Waals surface area contributed by atoms with Crippen molar-refractivity contribution in [3.8, 4) is 0 Å². The quantitative estimate of drug-likeness (QED) is 0.622. The van der Waals surface area contributed by atoms with Crippen molar-refractivity contribution >= 4 is 11.8 Å². The molecule has 5 nitrogen and oxygen atoms in total. The fraction of sp³-hybridized carbons (Fsp3) is 0.467. The van der Waals surface area contributed by atoms with Crippen LogP contribution < -0.4 is 16.0 Å². The molecule has 0 aliphatic rings. The number of benzene rings is 1. The van der Waals surface area contributed by atoms with Crippen LogP contribution in [-0.4, -0.2) is 32.0 Å². The zero-order chi connectivity index (χ0) is 14.8. The Morgan fingerprint density at radius 3 is 2.40 bits per heavy atom. The predicted molar refractivity (Wildman–Crippen MR) is 79.5 cm³/mol. The SMILES string of the molecule is CCCCNC(=O)c1ccc(CNC(=O)CNC)cc1.